The summed E-state index contributed by atoms with van der Waals surface area (Å²) < 4.78 is 5.16. The Morgan fingerprint density at radius 2 is 1.70 bits per heavy atom. The molecule has 5 nitrogen and oxygen atoms in total. The molecule has 7 heteroatoms. The van der Waals surface area contributed by atoms with Crippen molar-refractivity contribution in [2.24, 2.45) is 0 Å². The fraction of sp³-hybridized carbons (Fsp3) is 0.125. The standard InChI is InChI=1S/C16H18N4OS2/c1-21-14-9-5-8-13(10-14)18-16(23)20-19-15(22)17-11-12-6-3-2-4-7-12/h2-10H,11H2,1H3,(H2,17,19,22)(H2,18,20,23). The molecule has 4 N–H and O–H groups in total. The van der Waals surface area contributed by atoms with Gasteiger partial charge in [0.15, 0.2) is 10.2 Å². The number of rotatable bonds is 4. The van der Waals surface area contributed by atoms with Crippen molar-refractivity contribution in [1.29, 1.82) is 0 Å². The fourth-order valence-corrected chi connectivity index (χ4v) is 2.09. The lowest BCUT2D eigenvalue weighted by Crippen LogP contribution is -2.47. The molecule has 120 valence electrons. The van der Waals surface area contributed by atoms with Gasteiger partial charge in [-0.15, -0.1) is 0 Å². The van der Waals surface area contributed by atoms with Crippen LogP contribution in [0.15, 0.2) is 54.6 Å². The zero-order chi connectivity index (χ0) is 16.5. The summed E-state index contributed by atoms with van der Waals surface area (Å²) in [4.78, 5) is 0. The van der Waals surface area contributed by atoms with Crippen LogP contribution in [0.4, 0.5) is 5.69 Å². The van der Waals surface area contributed by atoms with Crippen molar-refractivity contribution in [3.63, 3.8) is 0 Å². The van der Waals surface area contributed by atoms with Gasteiger partial charge < -0.3 is 15.4 Å². The molecule has 0 amide bonds. The maximum absolute atomic E-state index is 5.20. The summed E-state index contributed by atoms with van der Waals surface area (Å²) >= 11 is 10.4. The van der Waals surface area contributed by atoms with Crippen LogP contribution in [0.25, 0.3) is 0 Å². The Labute approximate surface area is 146 Å². The van der Waals surface area contributed by atoms with Crippen LogP contribution in [0.1, 0.15) is 5.56 Å². The molecule has 0 atom stereocenters. The Morgan fingerprint density at radius 1 is 0.957 bits per heavy atom. The molecule has 0 aliphatic heterocycles. The van der Waals surface area contributed by atoms with Gasteiger partial charge in [-0.25, -0.2) is 0 Å². The molecule has 0 bridgehead atoms. The molecule has 2 aromatic carbocycles. The Hall–Kier alpha value is -2.38. The lowest BCUT2D eigenvalue weighted by molar-refractivity contribution is 0.415. The zero-order valence-electron chi connectivity index (χ0n) is 12.6. The largest absolute Gasteiger partial charge is 0.497 e. The van der Waals surface area contributed by atoms with Crippen LogP contribution in [-0.2, 0) is 6.54 Å². The Kier molecular flexibility index (Phi) is 6.58. The third-order valence-electron chi connectivity index (χ3n) is 2.91. The SMILES string of the molecule is COc1cccc(NC(=S)NNC(=S)NCc2ccccc2)c1. The second-order valence-corrected chi connectivity index (χ2v) is 5.42. The summed E-state index contributed by atoms with van der Waals surface area (Å²) in [6.07, 6.45) is 0. The average molecular weight is 346 g/mol. The molecule has 0 heterocycles. The Morgan fingerprint density at radius 3 is 2.43 bits per heavy atom. The van der Waals surface area contributed by atoms with Gasteiger partial charge in [0, 0.05) is 18.3 Å². The molecular formula is C16H18N4OS2. The first-order valence-corrected chi connectivity index (χ1v) is 7.78. The predicted molar refractivity (Wildman–Crippen MR) is 101 cm³/mol. The van der Waals surface area contributed by atoms with Crippen LogP contribution in [0.3, 0.4) is 0 Å². The minimum absolute atomic E-state index is 0.405. The van der Waals surface area contributed by atoms with Gasteiger partial charge in [0.05, 0.1) is 7.11 Å². The molecule has 0 fully saturated rings. The first-order chi connectivity index (χ1) is 11.2. The minimum Gasteiger partial charge on any atom is -0.497 e. The normalized spacial score (nSPS) is 9.61. The highest BCUT2D eigenvalue weighted by Gasteiger charge is 2.00. The van der Waals surface area contributed by atoms with E-state index in [-0.39, 0.29) is 0 Å². The molecule has 23 heavy (non-hydrogen) atoms. The number of thiocarbonyl (C=S) groups is 2. The first kappa shape index (κ1) is 17.0. The summed E-state index contributed by atoms with van der Waals surface area (Å²) in [5.41, 5.74) is 7.64. The molecule has 0 spiro atoms. The van der Waals surface area contributed by atoms with Crippen molar-refractivity contribution >= 4 is 40.3 Å². The van der Waals surface area contributed by atoms with Crippen molar-refractivity contribution in [1.82, 2.24) is 16.2 Å². The van der Waals surface area contributed by atoms with Crippen LogP contribution in [0.5, 0.6) is 5.75 Å². The minimum atomic E-state index is 0.405. The first-order valence-electron chi connectivity index (χ1n) is 6.96. The van der Waals surface area contributed by atoms with Gasteiger partial charge in [-0.3, -0.25) is 10.9 Å². The van der Waals surface area contributed by atoms with E-state index in [4.69, 9.17) is 29.2 Å². The Balaban J connectivity index is 1.72. The van der Waals surface area contributed by atoms with Gasteiger partial charge in [-0.05, 0) is 42.1 Å². The maximum atomic E-state index is 5.20. The number of hydrazine groups is 1. The second kappa shape index (κ2) is 8.92. The van der Waals surface area contributed by atoms with Crippen LogP contribution in [-0.4, -0.2) is 17.3 Å². The predicted octanol–water partition coefficient (Wildman–Crippen LogP) is 2.56. The zero-order valence-corrected chi connectivity index (χ0v) is 14.3. The van der Waals surface area contributed by atoms with Crippen molar-refractivity contribution in [3.8, 4) is 5.75 Å². The van der Waals surface area contributed by atoms with Gasteiger partial charge >= 0.3 is 0 Å². The van der Waals surface area contributed by atoms with E-state index in [1.54, 1.807) is 7.11 Å². The van der Waals surface area contributed by atoms with Gasteiger partial charge in [-0.1, -0.05) is 36.4 Å². The maximum Gasteiger partial charge on any atom is 0.189 e. The molecular weight excluding hydrogens is 328 g/mol. The van der Waals surface area contributed by atoms with Gasteiger partial charge in [0.1, 0.15) is 5.75 Å². The summed E-state index contributed by atoms with van der Waals surface area (Å²) in [6.45, 7) is 0.643. The molecule has 0 saturated carbocycles. The van der Waals surface area contributed by atoms with Crippen LogP contribution < -0.4 is 26.2 Å². The number of benzene rings is 2. The van der Waals surface area contributed by atoms with Crippen molar-refractivity contribution < 1.29 is 4.74 Å². The molecule has 0 radical (unpaired) electrons. The second-order valence-electron chi connectivity index (χ2n) is 4.60. The number of methoxy groups -OCH3 is 1. The summed E-state index contributed by atoms with van der Waals surface area (Å²) in [5.74, 6) is 0.755. The van der Waals surface area contributed by atoms with E-state index in [1.165, 1.54) is 0 Å². The van der Waals surface area contributed by atoms with E-state index in [0.29, 0.717) is 16.8 Å². The van der Waals surface area contributed by atoms with Crippen LogP contribution in [0, 0.1) is 0 Å². The quantitative estimate of drug-likeness (QED) is 0.501. The number of nitrogens with one attached hydrogen (secondary N) is 4. The Bertz CT molecular complexity index is 664. The number of hydrogen-bond donors (Lipinski definition) is 4. The molecule has 2 rings (SSSR count). The monoisotopic (exact) mass is 346 g/mol. The molecule has 2 aromatic rings. The van der Waals surface area contributed by atoms with E-state index < -0.39 is 0 Å². The smallest absolute Gasteiger partial charge is 0.189 e. The molecule has 0 aliphatic rings. The number of anilines is 1. The number of ether oxygens (including phenoxy) is 1. The summed E-state index contributed by atoms with van der Waals surface area (Å²) in [7, 11) is 1.62. The topological polar surface area (TPSA) is 57.4 Å². The van der Waals surface area contributed by atoms with Gasteiger partial charge in [0.25, 0.3) is 0 Å². The summed E-state index contributed by atoms with van der Waals surface area (Å²) in [5, 5.41) is 6.99. The highest BCUT2D eigenvalue weighted by atomic mass is 32.1. The highest BCUT2D eigenvalue weighted by Crippen LogP contribution is 2.16. The average Bonchev–Trinajstić information content (AvgIpc) is 2.59. The molecule has 0 aliphatic carbocycles. The number of hydrogen-bond acceptors (Lipinski definition) is 3. The van der Waals surface area contributed by atoms with E-state index in [2.05, 4.69) is 21.5 Å². The molecule has 0 aromatic heterocycles. The van der Waals surface area contributed by atoms with Crippen molar-refractivity contribution in [3.05, 3.63) is 60.2 Å². The van der Waals surface area contributed by atoms with Crippen LogP contribution in [0.2, 0.25) is 0 Å². The third kappa shape index (κ3) is 6.09. The summed E-state index contributed by atoms with van der Waals surface area (Å²) in [6, 6.07) is 17.5. The van der Waals surface area contributed by atoms with E-state index in [1.807, 2.05) is 54.6 Å². The third-order valence-corrected chi connectivity index (χ3v) is 3.36. The highest BCUT2D eigenvalue weighted by molar-refractivity contribution is 7.80. The van der Waals surface area contributed by atoms with E-state index in [0.717, 1.165) is 17.0 Å². The lowest BCUT2D eigenvalue weighted by Gasteiger charge is -2.14. The van der Waals surface area contributed by atoms with Crippen molar-refractivity contribution in [2.75, 3.05) is 12.4 Å². The van der Waals surface area contributed by atoms with Crippen molar-refractivity contribution in [2.45, 2.75) is 6.54 Å². The van der Waals surface area contributed by atoms with E-state index >= 15 is 0 Å². The molecule has 0 unspecified atom stereocenters. The van der Waals surface area contributed by atoms with Gasteiger partial charge in [0.2, 0.25) is 0 Å². The van der Waals surface area contributed by atoms with E-state index in [9.17, 15) is 0 Å². The van der Waals surface area contributed by atoms with Crippen LogP contribution >= 0.6 is 24.4 Å². The molecule has 0 saturated heterocycles. The fourth-order valence-electron chi connectivity index (χ4n) is 1.80. The van der Waals surface area contributed by atoms with Gasteiger partial charge in [-0.2, -0.15) is 0 Å². The lowest BCUT2D eigenvalue weighted by atomic mass is 10.2.